The minimum Gasteiger partial charge on any atom is -0.507 e. The van der Waals surface area contributed by atoms with Gasteiger partial charge in [-0.05, 0) is 67.7 Å². The van der Waals surface area contributed by atoms with Crippen LogP contribution in [0.5, 0.6) is 11.5 Å². The van der Waals surface area contributed by atoms with Crippen molar-refractivity contribution in [2.45, 2.75) is 71.1 Å². The van der Waals surface area contributed by atoms with Crippen LogP contribution in [0.3, 0.4) is 0 Å². The zero-order valence-corrected chi connectivity index (χ0v) is 18.4. The Labute approximate surface area is 183 Å². The molecule has 0 spiro atoms. The summed E-state index contributed by atoms with van der Waals surface area (Å²) in [6.45, 7) is 4.11. The number of Topliss-reactive ketones (excluding diaryl/α,β-unsaturated/α-hetero) is 1. The van der Waals surface area contributed by atoms with Crippen LogP contribution in [-0.2, 0) is 6.42 Å². The van der Waals surface area contributed by atoms with Crippen LogP contribution in [-0.4, -0.2) is 17.5 Å². The molecule has 1 aliphatic rings. The van der Waals surface area contributed by atoms with E-state index in [-0.39, 0.29) is 24.3 Å². The molecule has 1 aliphatic carbocycles. The number of benzene rings is 2. The van der Waals surface area contributed by atoms with Gasteiger partial charge in [0, 0.05) is 6.42 Å². The van der Waals surface area contributed by atoms with Crippen LogP contribution >= 0.6 is 0 Å². The van der Waals surface area contributed by atoms with E-state index in [0.29, 0.717) is 5.92 Å². The van der Waals surface area contributed by atoms with Crippen molar-refractivity contribution in [1.29, 1.82) is 0 Å². The van der Waals surface area contributed by atoms with Gasteiger partial charge >= 0.3 is 0 Å². The molecule has 0 radical (unpaired) electrons. The van der Waals surface area contributed by atoms with Crippen LogP contribution < -0.4 is 4.74 Å². The van der Waals surface area contributed by atoms with Crippen molar-refractivity contribution >= 4 is 5.78 Å². The molecule has 2 aromatic rings. The summed E-state index contributed by atoms with van der Waals surface area (Å²) in [6.07, 6.45) is 4.66. The lowest BCUT2D eigenvalue weighted by atomic mass is 9.77. The topological polar surface area (TPSA) is 46.5 Å². The van der Waals surface area contributed by atoms with E-state index < -0.39 is 23.5 Å². The highest BCUT2D eigenvalue weighted by Gasteiger charge is 2.25. The van der Waals surface area contributed by atoms with E-state index in [0.717, 1.165) is 11.5 Å². The number of rotatable bonds is 9. The molecular weight excluding hydrogens is 398 g/mol. The molecule has 0 atom stereocenters. The predicted molar refractivity (Wildman–Crippen MR) is 118 cm³/mol. The molecule has 3 nitrogen and oxygen atoms in total. The lowest BCUT2D eigenvalue weighted by Gasteiger charge is -2.28. The highest BCUT2D eigenvalue weighted by atomic mass is 19.3. The maximum Gasteiger partial charge on any atom is 0.271 e. The first-order chi connectivity index (χ1) is 14.9. The van der Waals surface area contributed by atoms with Crippen LogP contribution in [0.15, 0.2) is 36.4 Å². The summed E-state index contributed by atoms with van der Waals surface area (Å²) in [5.74, 6) is 0.255. The van der Waals surface area contributed by atoms with E-state index >= 15 is 0 Å². The molecule has 1 N–H and O–H groups in total. The first-order valence-electron chi connectivity index (χ1n) is 11.3. The van der Waals surface area contributed by atoms with E-state index in [1.54, 1.807) is 6.92 Å². The minimum absolute atomic E-state index is 0.0493. The normalized spacial score (nSPS) is 18.9. The second-order valence-corrected chi connectivity index (χ2v) is 8.46. The zero-order chi connectivity index (χ0) is 22.4. The molecule has 0 aromatic heterocycles. The lowest BCUT2D eigenvalue weighted by molar-refractivity contribution is 0.0988. The van der Waals surface area contributed by atoms with Gasteiger partial charge in [-0.15, -0.1) is 0 Å². The number of hydrogen-bond acceptors (Lipinski definition) is 3. The smallest absolute Gasteiger partial charge is 0.271 e. The second kappa shape index (κ2) is 10.7. The van der Waals surface area contributed by atoms with Crippen molar-refractivity contribution in [2.75, 3.05) is 6.61 Å². The highest BCUT2D eigenvalue weighted by Crippen LogP contribution is 2.40. The van der Waals surface area contributed by atoms with Crippen molar-refractivity contribution in [3.63, 3.8) is 0 Å². The number of aromatic hydroxyl groups is 1. The number of phenolic OH excluding ortho intramolecular Hbond substituents is 1. The third-order valence-corrected chi connectivity index (χ3v) is 6.36. The van der Waals surface area contributed by atoms with E-state index in [1.807, 2.05) is 12.1 Å². The highest BCUT2D eigenvalue weighted by molar-refractivity contribution is 6.00. The van der Waals surface area contributed by atoms with Crippen molar-refractivity contribution in [3.8, 4) is 11.5 Å². The molecule has 0 saturated heterocycles. The van der Waals surface area contributed by atoms with Gasteiger partial charge < -0.3 is 9.84 Å². The van der Waals surface area contributed by atoms with E-state index in [4.69, 9.17) is 4.74 Å². The number of ketones is 1. The van der Waals surface area contributed by atoms with Gasteiger partial charge in [0.1, 0.15) is 17.1 Å². The Kier molecular flexibility index (Phi) is 8.05. The van der Waals surface area contributed by atoms with Crippen molar-refractivity contribution in [1.82, 2.24) is 0 Å². The van der Waals surface area contributed by atoms with E-state index in [1.165, 1.54) is 56.2 Å². The molecule has 31 heavy (non-hydrogen) atoms. The molecule has 3 rings (SSSR count). The van der Waals surface area contributed by atoms with Gasteiger partial charge in [0.25, 0.3) is 6.43 Å². The van der Waals surface area contributed by atoms with Crippen LogP contribution in [0.2, 0.25) is 0 Å². The van der Waals surface area contributed by atoms with Gasteiger partial charge in [-0.3, -0.25) is 4.79 Å². The maximum atomic E-state index is 13.4. The van der Waals surface area contributed by atoms with Crippen LogP contribution in [0.1, 0.15) is 91.8 Å². The maximum absolute atomic E-state index is 13.4. The number of phenols is 1. The summed E-state index contributed by atoms with van der Waals surface area (Å²) in [4.78, 5) is 12.7. The van der Waals surface area contributed by atoms with Crippen molar-refractivity contribution in [2.24, 2.45) is 5.92 Å². The predicted octanol–water partition coefficient (Wildman–Crippen LogP) is 7.23. The molecule has 1 fully saturated rings. The van der Waals surface area contributed by atoms with Gasteiger partial charge in [-0.2, -0.15) is 0 Å². The molecule has 0 heterocycles. The Balaban J connectivity index is 1.68. The van der Waals surface area contributed by atoms with Gasteiger partial charge in [-0.25, -0.2) is 8.78 Å². The number of hydrogen-bond donors (Lipinski definition) is 1. The van der Waals surface area contributed by atoms with Crippen molar-refractivity contribution in [3.05, 3.63) is 58.7 Å². The minimum atomic E-state index is -2.93. The average Bonchev–Trinajstić information content (AvgIpc) is 2.75. The zero-order valence-electron chi connectivity index (χ0n) is 18.4. The third-order valence-electron chi connectivity index (χ3n) is 6.36. The number of carbonyl (C=O) groups excluding carboxylic acids is 1. The second-order valence-electron chi connectivity index (χ2n) is 8.46. The Bertz CT molecular complexity index is 869. The lowest BCUT2D eigenvalue weighted by Crippen LogP contribution is -2.13. The monoisotopic (exact) mass is 430 g/mol. The first kappa shape index (κ1) is 23.2. The van der Waals surface area contributed by atoms with Gasteiger partial charge in [-0.1, -0.05) is 44.0 Å². The summed E-state index contributed by atoms with van der Waals surface area (Å²) in [5, 5.41) is 10.3. The average molecular weight is 431 g/mol. The van der Waals surface area contributed by atoms with Crippen LogP contribution in [0, 0.1) is 5.92 Å². The molecule has 0 aliphatic heterocycles. The Hall–Kier alpha value is -2.43. The fourth-order valence-electron chi connectivity index (χ4n) is 4.69. The molecule has 0 unspecified atom stereocenters. The fourth-order valence-corrected chi connectivity index (χ4v) is 4.69. The first-order valence-corrected chi connectivity index (χ1v) is 11.3. The molecule has 0 bridgehead atoms. The molecule has 2 aromatic carbocycles. The summed E-state index contributed by atoms with van der Waals surface area (Å²) in [5.41, 5.74) is 1.38. The molecule has 1 saturated carbocycles. The largest absolute Gasteiger partial charge is 0.507 e. The van der Waals surface area contributed by atoms with Crippen molar-refractivity contribution < 1.29 is 23.4 Å². The summed E-state index contributed by atoms with van der Waals surface area (Å²) >= 11 is 0. The molecule has 0 amide bonds. The Morgan fingerprint density at radius 1 is 1.06 bits per heavy atom. The summed E-state index contributed by atoms with van der Waals surface area (Å²) in [7, 11) is 0. The fraction of sp³-hybridized carbons (Fsp3) is 0.500. The van der Waals surface area contributed by atoms with Gasteiger partial charge in [0.15, 0.2) is 5.78 Å². The molecule has 168 valence electrons. The number of alkyl halides is 2. The van der Waals surface area contributed by atoms with Crippen LogP contribution in [0.4, 0.5) is 8.78 Å². The molecular formula is C26H32F2O3. The number of carbonyl (C=O) groups is 1. The Morgan fingerprint density at radius 3 is 2.32 bits per heavy atom. The quantitative estimate of drug-likeness (QED) is 0.427. The SMILES string of the molecule is CCCC1CCC(c2ccc(CC(=O)c3ccc(OCC)c(C(F)F)c3O)cc2)CC1. The van der Waals surface area contributed by atoms with E-state index in [2.05, 4.69) is 19.1 Å². The number of halogens is 2. The van der Waals surface area contributed by atoms with Gasteiger partial charge in [0.2, 0.25) is 0 Å². The summed E-state index contributed by atoms with van der Waals surface area (Å²) in [6, 6.07) is 10.7. The summed E-state index contributed by atoms with van der Waals surface area (Å²) < 4.78 is 32.0. The van der Waals surface area contributed by atoms with Gasteiger partial charge in [0.05, 0.1) is 12.2 Å². The van der Waals surface area contributed by atoms with Crippen LogP contribution in [0.25, 0.3) is 0 Å². The van der Waals surface area contributed by atoms with E-state index in [9.17, 15) is 18.7 Å². The third kappa shape index (κ3) is 5.63. The molecule has 5 heteroatoms. The Morgan fingerprint density at radius 2 is 1.74 bits per heavy atom. The number of ether oxygens (including phenoxy) is 1. The standard InChI is InChI=1S/C26H32F2O3/c1-3-5-17-6-10-19(11-7-17)20-12-8-18(9-13-20)16-22(29)21-14-15-23(31-4-2)24(25(21)30)26(27)28/h8-9,12-15,17,19,26,30H,3-7,10-11,16H2,1-2H3.